The SMILES string of the molecule is CSCC[C@H](NC(=O)c1c[nH]ccc1=O)C(=O)O. The first-order valence-electron chi connectivity index (χ1n) is 5.26. The number of aromatic amines is 1. The zero-order valence-corrected chi connectivity index (χ0v) is 10.6. The summed E-state index contributed by atoms with van der Waals surface area (Å²) in [6.07, 6.45) is 4.82. The second-order valence-corrected chi connectivity index (χ2v) is 4.55. The van der Waals surface area contributed by atoms with E-state index in [1.165, 1.54) is 30.2 Å². The Bertz CT molecular complexity index is 486. The van der Waals surface area contributed by atoms with Crippen LogP contribution in [0.15, 0.2) is 23.3 Å². The van der Waals surface area contributed by atoms with Crippen LogP contribution in [0.4, 0.5) is 0 Å². The molecular weight excluding hydrogens is 256 g/mol. The first kappa shape index (κ1) is 14.3. The van der Waals surface area contributed by atoms with E-state index in [0.717, 1.165) is 0 Å². The van der Waals surface area contributed by atoms with Crippen molar-refractivity contribution in [3.05, 3.63) is 34.2 Å². The number of carboxylic acid groups (broad SMARTS) is 1. The Morgan fingerprint density at radius 3 is 2.83 bits per heavy atom. The molecular formula is C11H14N2O4S. The molecule has 1 aromatic rings. The van der Waals surface area contributed by atoms with E-state index in [9.17, 15) is 14.4 Å². The minimum Gasteiger partial charge on any atom is -0.480 e. The summed E-state index contributed by atoms with van der Waals surface area (Å²) in [6, 6.07) is 0.233. The number of pyridine rings is 1. The molecule has 0 bridgehead atoms. The van der Waals surface area contributed by atoms with E-state index in [-0.39, 0.29) is 5.56 Å². The lowest BCUT2D eigenvalue weighted by molar-refractivity contribution is -0.139. The standard InChI is InChI=1S/C11H14N2O4S/c1-18-5-3-8(11(16)17)13-10(15)7-6-12-4-2-9(7)14/h2,4,6,8H,3,5H2,1H3,(H,12,14)(H,13,15)(H,16,17)/t8-/m0/s1. The fourth-order valence-electron chi connectivity index (χ4n) is 1.32. The van der Waals surface area contributed by atoms with Gasteiger partial charge in [0.15, 0.2) is 5.43 Å². The molecule has 1 heterocycles. The number of aliphatic carboxylic acids is 1. The highest BCUT2D eigenvalue weighted by Gasteiger charge is 2.21. The van der Waals surface area contributed by atoms with Gasteiger partial charge in [-0.1, -0.05) is 0 Å². The van der Waals surface area contributed by atoms with Gasteiger partial charge in [-0.3, -0.25) is 9.59 Å². The minimum atomic E-state index is -1.11. The summed E-state index contributed by atoms with van der Waals surface area (Å²) in [7, 11) is 0. The Balaban J connectivity index is 2.76. The number of rotatable bonds is 6. The van der Waals surface area contributed by atoms with Crippen LogP contribution in [-0.2, 0) is 4.79 Å². The summed E-state index contributed by atoms with van der Waals surface area (Å²) < 4.78 is 0. The van der Waals surface area contributed by atoms with Gasteiger partial charge in [0.2, 0.25) is 0 Å². The predicted molar refractivity (Wildman–Crippen MR) is 69.0 cm³/mol. The van der Waals surface area contributed by atoms with E-state index in [4.69, 9.17) is 5.11 Å². The summed E-state index contributed by atoms with van der Waals surface area (Å²) in [6.45, 7) is 0. The van der Waals surface area contributed by atoms with Gasteiger partial charge in [0.05, 0.1) is 0 Å². The molecule has 0 aromatic carbocycles. The zero-order chi connectivity index (χ0) is 13.5. The molecule has 0 aliphatic heterocycles. The van der Waals surface area contributed by atoms with Crippen LogP contribution in [0.1, 0.15) is 16.8 Å². The average Bonchev–Trinajstić information content (AvgIpc) is 2.34. The third-order valence-corrected chi connectivity index (χ3v) is 2.93. The highest BCUT2D eigenvalue weighted by atomic mass is 32.2. The van der Waals surface area contributed by atoms with Crippen LogP contribution in [0.5, 0.6) is 0 Å². The van der Waals surface area contributed by atoms with Crippen molar-refractivity contribution in [1.82, 2.24) is 10.3 Å². The second-order valence-electron chi connectivity index (χ2n) is 3.57. The quantitative estimate of drug-likeness (QED) is 0.691. The van der Waals surface area contributed by atoms with Gasteiger partial charge >= 0.3 is 5.97 Å². The molecule has 0 fully saturated rings. The van der Waals surface area contributed by atoms with Crippen LogP contribution in [0, 0.1) is 0 Å². The average molecular weight is 270 g/mol. The molecule has 1 rings (SSSR count). The van der Waals surface area contributed by atoms with E-state index >= 15 is 0 Å². The van der Waals surface area contributed by atoms with Crippen molar-refractivity contribution in [3.63, 3.8) is 0 Å². The Morgan fingerprint density at radius 1 is 1.56 bits per heavy atom. The van der Waals surface area contributed by atoms with Gasteiger partial charge in [-0.05, 0) is 18.4 Å². The lowest BCUT2D eigenvalue weighted by Crippen LogP contribution is -2.42. The third kappa shape index (κ3) is 3.92. The van der Waals surface area contributed by atoms with Crippen LogP contribution in [0.25, 0.3) is 0 Å². The number of hydrogen-bond donors (Lipinski definition) is 3. The molecule has 6 nitrogen and oxygen atoms in total. The van der Waals surface area contributed by atoms with Gasteiger partial charge < -0.3 is 15.4 Å². The summed E-state index contributed by atoms with van der Waals surface area (Å²) >= 11 is 1.49. The predicted octanol–water partition coefficient (Wildman–Crippen LogP) is 0.311. The zero-order valence-electron chi connectivity index (χ0n) is 9.80. The van der Waals surface area contributed by atoms with Crippen LogP contribution < -0.4 is 10.7 Å². The number of aromatic nitrogens is 1. The van der Waals surface area contributed by atoms with Crippen molar-refractivity contribution in [1.29, 1.82) is 0 Å². The summed E-state index contributed by atoms with van der Waals surface area (Å²) in [5.41, 5.74) is -0.534. The van der Waals surface area contributed by atoms with Gasteiger partial charge in [-0.25, -0.2) is 4.79 Å². The van der Waals surface area contributed by atoms with Crippen molar-refractivity contribution in [2.45, 2.75) is 12.5 Å². The number of carboxylic acids is 1. The molecule has 0 aliphatic carbocycles. The number of carbonyl (C=O) groups excluding carboxylic acids is 1. The third-order valence-electron chi connectivity index (χ3n) is 2.28. The minimum absolute atomic E-state index is 0.0899. The van der Waals surface area contributed by atoms with E-state index in [1.54, 1.807) is 0 Å². The smallest absolute Gasteiger partial charge is 0.326 e. The molecule has 0 unspecified atom stereocenters. The van der Waals surface area contributed by atoms with Crippen LogP contribution in [0.3, 0.4) is 0 Å². The van der Waals surface area contributed by atoms with Gasteiger partial charge in [-0.2, -0.15) is 11.8 Å². The Kier molecular flexibility index (Phi) is 5.44. The number of carbonyl (C=O) groups is 2. The number of hydrogen-bond acceptors (Lipinski definition) is 4. The molecule has 1 amide bonds. The number of nitrogens with one attached hydrogen (secondary N) is 2. The van der Waals surface area contributed by atoms with Crippen molar-refractivity contribution in [3.8, 4) is 0 Å². The molecule has 1 aromatic heterocycles. The van der Waals surface area contributed by atoms with Crippen molar-refractivity contribution in [2.24, 2.45) is 0 Å². The highest BCUT2D eigenvalue weighted by molar-refractivity contribution is 7.98. The van der Waals surface area contributed by atoms with Gasteiger partial charge in [0, 0.05) is 18.5 Å². The van der Waals surface area contributed by atoms with Gasteiger partial charge in [0.1, 0.15) is 11.6 Å². The second kappa shape index (κ2) is 6.85. The highest BCUT2D eigenvalue weighted by Crippen LogP contribution is 2.02. The van der Waals surface area contributed by atoms with E-state index in [1.807, 2.05) is 6.26 Å². The van der Waals surface area contributed by atoms with Crippen molar-refractivity contribution in [2.75, 3.05) is 12.0 Å². The molecule has 98 valence electrons. The summed E-state index contributed by atoms with van der Waals surface area (Å²) in [5.74, 6) is -1.17. The molecule has 0 saturated heterocycles. The number of thioether (sulfide) groups is 1. The maximum Gasteiger partial charge on any atom is 0.326 e. The van der Waals surface area contributed by atoms with Crippen LogP contribution in [0.2, 0.25) is 0 Å². The number of H-pyrrole nitrogens is 1. The van der Waals surface area contributed by atoms with Crippen LogP contribution >= 0.6 is 11.8 Å². The molecule has 3 N–H and O–H groups in total. The van der Waals surface area contributed by atoms with Crippen molar-refractivity contribution < 1.29 is 14.7 Å². The molecule has 7 heteroatoms. The number of amides is 1. The normalized spacial score (nSPS) is 11.8. The Labute approximate surface area is 108 Å². The fourth-order valence-corrected chi connectivity index (χ4v) is 1.79. The molecule has 1 atom stereocenters. The molecule has 0 aliphatic rings. The Hall–Kier alpha value is -1.76. The monoisotopic (exact) mass is 270 g/mol. The molecule has 0 spiro atoms. The topological polar surface area (TPSA) is 99.3 Å². The summed E-state index contributed by atoms with van der Waals surface area (Å²) in [5, 5.41) is 11.3. The first-order valence-corrected chi connectivity index (χ1v) is 6.65. The molecule has 0 saturated carbocycles. The summed E-state index contributed by atoms with van der Waals surface area (Å²) in [4.78, 5) is 36.7. The van der Waals surface area contributed by atoms with E-state index in [0.29, 0.717) is 12.2 Å². The maximum atomic E-state index is 11.7. The molecule has 0 radical (unpaired) electrons. The van der Waals surface area contributed by atoms with Crippen LogP contribution in [-0.4, -0.2) is 40.0 Å². The van der Waals surface area contributed by atoms with Crippen molar-refractivity contribution >= 4 is 23.6 Å². The lowest BCUT2D eigenvalue weighted by Gasteiger charge is -2.13. The van der Waals surface area contributed by atoms with E-state index in [2.05, 4.69) is 10.3 Å². The van der Waals surface area contributed by atoms with Gasteiger partial charge in [-0.15, -0.1) is 0 Å². The molecule has 18 heavy (non-hydrogen) atoms. The lowest BCUT2D eigenvalue weighted by atomic mass is 10.2. The largest absolute Gasteiger partial charge is 0.480 e. The first-order chi connectivity index (χ1) is 8.56. The van der Waals surface area contributed by atoms with Gasteiger partial charge in [0.25, 0.3) is 5.91 Å². The fraction of sp³-hybridized carbons (Fsp3) is 0.364. The maximum absolute atomic E-state index is 11.7. The Morgan fingerprint density at radius 2 is 2.28 bits per heavy atom. The van der Waals surface area contributed by atoms with E-state index < -0.39 is 23.3 Å².